The molecule has 17 aromatic rings. The van der Waals surface area contributed by atoms with Crippen molar-refractivity contribution in [3.8, 4) is 45.0 Å². The molecule has 0 unspecified atom stereocenters. The van der Waals surface area contributed by atoms with E-state index in [2.05, 4.69) is 208 Å². The second kappa shape index (κ2) is 47.1. The molecule has 0 saturated heterocycles. The molecule has 0 spiro atoms. The Kier molecular flexibility index (Phi) is 38.8. The third-order valence-corrected chi connectivity index (χ3v) is 16.1. The maximum absolute atomic E-state index is 10.0. The number of aromatic nitrogens is 6. The second-order valence-corrected chi connectivity index (χ2v) is 25.3. The number of aliphatic hydroxyl groups is 2. The molecule has 5 radical (unpaired) electrons. The van der Waals surface area contributed by atoms with Gasteiger partial charge in [-0.15, -0.1) is 213 Å². The number of allylic oxidation sites excluding steroid dienone is 4. The van der Waals surface area contributed by atoms with Gasteiger partial charge < -0.3 is 35.1 Å². The van der Waals surface area contributed by atoms with Crippen LogP contribution in [0.15, 0.2) is 346 Å². The van der Waals surface area contributed by atoms with E-state index in [1.807, 2.05) is 195 Å². The van der Waals surface area contributed by atoms with E-state index in [9.17, 15) is 9.59 Å². The summed E-state index contributed by atoms with van der Waals surface area (Å²) in [6.45, 7) is 12.3. The predicted molar refractivity (Wildman–Crippen MR) is 436 cm³/mol. The third-order valence-electron chi connectivity index (χ3n) is 16.1. The van der Waals surface area contributed by atoms with Gasteiger partial charge in [0, 0.05) is 144 Å². The van der Waals surface area contributed by atoms with Crippen LogP contribution in [-0.4, -0.2) is 51.7 Å². The van der Waals surface area contributed by atoms with E-state index in [1.54, 1.807) is 6.20 Å². The fourth-order valence-corrected chi connectivity index (χ4v) is 11.1. The van der Waals surface area contributed by atoms with Crippen LogP contribution in [0.5, 0.6) is 0 Å². The van der Waals surface area contributed by atoms with Crippen LogP contribution in [0.1, 0.15) is 54.0 Å². The number of para-hydroxylation sites is 1. The minimum absolute atomic E-state index is 0. The van der Waals surface area contributed by atoms with Gasteiger partial charge >= 0.3 is 0 Å². The zero-order chi connectivity index (χ0) is 74.5. The fourth-order valence-electron chi connectivity index (χ4n) is 11.1. The van der Waals surface area contributed by atoms with E-state index in [0.717, 1.165) is 72.4 Å². The summed E-state index contributed by atoms with van der Waals surface area (Å²) in [5, 5.41) is 29.6. The van der Waals surface area contributed by atoms with Crippen molar-refractivity contribution in [2.24, 2.45) is 0 Å². The van der Waals surface area contributed by atoms with Crippen molar-refractivity contribution in [2.45, 2.75) is 53.9 Å². The van der Waals surface area contributed by atoms with Crippen molar-refractivity contribution in [3.63, 3.8) is 0 Å². The first-order valence-electron chi connectivity index (χ1n) is 34.5. The van der Waals surface area contributed by atoms with Crippen molar-refractivity contribution in [2.75, 3.05) is 0 Å². The first-order chi connectivity index (χ1) is 51.5. The normalized spacial score (nSPS) is 10.4. The number of aliphatic hydroxyl groups excluding tert-OH is 2. The minimum atomic E-state index is -0.125. The van der Waals surface area contributed by atoms with Gasteiger partial charge in [0.15, 0.2) is 11.6 Å². The molecule has 0 bridgehead atoms. The molecule has 2 N–H and O–H groups in total. The number of carbonyl (C=O) groups is 2. The summed E-state index contributed by atoms with van der Waals surface area (Å²) in [6.07, 6.45) is 11.5. The Morgan fingerprint density at radius 2 is 0.793 bits per heavy atom. The molecular formula is C96H78Ir5N6O4-6. The predicted octanol–water partition coefficient (Wildman–Crippen LogP) is 23.4. The monoisotopic (exact) mass is 2340 g/mol. The van der Waals surface area contributed by atoms with E-state index in [-0.39, 0.29) is 129 Å². The summed E-state index contributed by atoms with van der Waals surface area (Å²) in [5.41, 5.74) is 12.6. The smallest absolute Gasteiger partial charge is 0.155 e. The minimum Gasteiger partial charge on any atom is -0.512 e. The fraction of sp³-hybridized carbons (Fsp3) is 0.0833. The van der Waals surface area contributed by atoms with E-state index >= 15 is 0 Å². The first-order valence-corrected chi connectivity index (χ1v) is 34.5. The first kappa shape index (κ1) is 91.4. The van der Waals surface area contributed by atoms with Gasteiger partial charge in [0.05, 0.1) is 17.0 Å². The van der Waals surface area contributed by atoms with Gasteiger partial charge in [-0.25, -0.2) is 0 Å². The molecule has 10 nitrogen and oxygen atoms in total. The molecule has 0 aliphatic rings. The molecule has 0 atom stereocenters. The van der Waals surface area contributed by atoms with Gasteiger partial charge in [0.2, 0.25) is 0 Å². The van der Waals surface area contributed by atoms with Crippen LogP contribution >= 0.6 is 0 Å². The SMILES string of the molecule is CC(=O)C=C(C)O.CC(=O)C=C(C)O.CC(C)(C)c1c[c-]c(-c2nccc3ccccc23)cc1.[Ir].[Ir].[Ir].[Ir].[Ir].[c-]1cccc2ccc3cccnc3c12.[c-]1cccc2ccc3cccnc3c12.[c-]1ccccc1-c1cc2ccccc2cn1.[c-]1ccccc1-c1ccc2ccccc2n1.[c-]1ccccc1-c1ccccn1. The van der Waals surface area contributed by atoms with Gasteiger partial charge in [0.1, 0.15) is 0 Å². The molecule has 0 amide bonds. The summed E-state index contributed by atoms with van der Waals surface area (Å²) in [5.74, 6) is -0.125. The maximum Gasteiger partial charge on any atom is 0.155 e. The van der Waals surface area contributed by atoms with Gasteiger partial charge in [0.25, 0.3) is 0 Å². The molecule has 0 aliphatic carbocycles. The summed E-state index contributed by atoms with van der Waals surface area (Å²) >= 11 is 0. The van der Waals surface area contributed by atoms with Crippen molar-refractivity contribution >= 4 is 87.4 Å². The van der Waals surface area contributed by atoms with Crippen LogP contribution in [0.3, 0.4) is 0 Å². The van der Waals surface area contributed by atoms with Crippen LogP contribution in [0.25, 0.3) is 121 Å². The Morgan fingerprint density at radius 3 is 1.29 bits per heavy atom. The topological polar surface area (TPSA) is 152 Å². The number of rotatable bonds is 6. The third kappa shape index (κ3) is 28.0. The number of carbonyl (C=O) groups excluding carboxylic acids is 2. The Bertz CT molecular complexity index is 5370. The van der Waals surface area contributed by atoms with E-state index in [1.165, 1.54) is 93.9 Å². The van der Waals surface area contributed by atoms with Crippen LogP contribution in [0.2, 0.25) is 0 Å². The number of hydrogen-bond acceptors (Lipinski definition) is 10. The molecule has 6 heterocycles. The van der Waals surface area contributed by atoms with Gasteiger partial charge in [-0.2, -0.15) is 0 Å². The second-order valence-electron chi connectivity index (χ2n) is 25.3. The van der Waals surface area contributed by atoms with Crippen LogP contribution in [-0.2, 0) is 116 Å². The Hall–Kier alpha value is -10.2. The number of ketones is 2. The molecule has 0 fully saturated rings. The quantitative estimate of drug-likeness (QED) is 0.0712. The molecule has 0 aliphatic heterocycles. The molecule has 15 heteroatoms. The Morgan fingerprint density at radius 1 is 0.342 bits per heavy atom. The van der Waals surface area contributed by atoms with Crippen molar-refractivity contribution in [3.05, 3.63) is 388 Å². The van der Waals surface area contributed by atoms with Crippen LogP contribution in [0, 0.1) is 36.4 Å². The molecule has 0 saturated carbocycles. The molecular weight excluding hydrogens is 2260 g/mol. The van der Waals surface area contributed by atoms with Crippen LogP contribution < -0.4 is 0 Å². The maximum atomic E-state index is 10.0. The molecule has 6 aromatic heterocycles. The van der Waals surface area contributed by atoms with Crippen molar-refractivity contribution in [1.82, 2.24) is 29.9 Å². The van der Waals surface area contributed by atoms with E-state index in [4.69, 9.17) is 10.2 Å². The summed E-state index contributed by atoms with van der Waals surface area (Å²) in [6, 6.07) is 117. The Labute approximate surface area is 717 Å². The average molecular weight is 2340 g/mol. The molecule has 111 heavy (non-hydrogen) atoms. The van der Waals surface area contributed by atoms with E-state index in [0.29, 0.717) is 0 Å². The Balaban J connectivity index is 0.000000229. The number of nitrogens with zero attached hydrogens (tertiary/aromatic N) is 6. The summed E-state index contributed by atoms with van der Waals surface area (Å²) in [4.78, 5) is 46.6. The number of pyridine rings is 6. The van der Waals surface area contributed by atoms with Gasteiger partial charge in [-0.3, -0.25) is 14.6 Å². The van der Waals surface area contributed by atoms with Crippen LogP contribution in [0.4, 0.5) is 0 Å². The van der Waals surface area contributed by atoms with E-state index < -0.39 is 0 Å². The van der Waals surface area contributed by atoms with Gasteiger partial charge in [-0.1, -0.05) is 154 Å². The largest absolute Gasteiger partial charge is 0.512 e. The number of hydrogen-bond donors (Lipinski definition) is 2. The summed E-state index contributed by atoms with van der Waals surface area (Å²) < 4.78 is 0. The summed E-state index contributed by atoms with van der Waals surface area (Å²) in [7, 11) is 0. The zero-order valence-corrected chi connectivity index (χ0v) is 73.8. The molecule has 567 valence electrons. The molecule has 11 aromatic carbocycles. The number of benzene rings is 11. The van der Waals surface area contributed by atoms with Crippen molar-refractivity contribution < 1.29 is 120 Å². The number of fused-ring (bicyclic) bond motifs is 9. The van der Waals surface area contributed by atoms with Crippen molar-refractivity contribution in [1.29, 1.82) is 0 Å². The zero-order valence-electron chi connectivity index (χ0n) is 61.8. The average Bonchev–Trinajstić information content (AvgIpc) is 0.812. The van der Waals surface area contributed by atoms with Gasteiger partial charge in [-0.05, 0) is 135 Å². The molecule has 17 rings (SSSR count). The standard InChI is InChI=1S/C19H18N.2C15H10N.2C13H8N.C11H8N.2C5H8O2.5Ir/c1-19(2,3)16-10-8-15(9-11-16)18-17-7-5-4-6-14(17)12-13-20-18;1-2-6-12(7-3-1)15-10-13-8-4-5-9-14(13)11-16-15;1-2-6-12(7-3-1)15-11-10-13-8-4-5-9-14(13)16-15;2*1-2-6-12-10(4-1)7-8-11-5-3-9-14-13(11)12;1-2-6-10(7-3-1)11-8-4-5-9-12-11;2*1-4(6)3-5(2)7;;;;;/h4-8,10-13H,1-3H3;2*1-6,8-11H;2*1-5,7-9H;1-6,8-9H;2*3,6H,1-2H3;;;;;/q6*-1;;;;;;;.